The van der Waals surface area contributed by atoms with Crippen LogP contribution < -0.4 is 16.0 Å². The Balaban J connectivity index is 1.67. The van der Waals surface area contributed by atoms with Crippen LogP contribution in [0.15, 0.2) is 35.3 Å². The maximum atomic E-state index is 4.79. The third-order valence-electron chi connectivity index (χ3n) is 3.77. The Bertz CT molecular complexity index is 433. The Morgan fingerprint density at radius 3 is 2.55 bits per heavy atom. The molecule has 1 aromatic carbocycles. The number of para-hydroxylation sites is 1. The lowest BCUT2D eigenvalue weighted by atomic mass is 10.3. The zero-order valence-corrected chi connectivity index (χ0v) is 11.8. The van der Waals surface area contributed by atoms with Gasteiger partial charge in [0.2, 0.25) is 0 Å². The van der Waals surface area contributed by atoms with E-state index in [-0.39, 0.29) is 0 Å². The normalized spacial score (nSPS) is 20.6. The van der Waals surface area contributed by atoms with Gasteiger partial charge >= 0.3 is 0 Å². The predicted octanol–water partition coefficient (Wildman–Crippen LogP) is 1.07. The van der Waals surface area contributed by atoms with Crippen LogP contribution in [0.2, 0.25) is 0 Å². The third kappa shape index (κ3) is 3.49. The number of aliphatic imine (C=N–C) groups is 1. The first kappa shape index (κ1) is 13.4. The van der Waals surface area contributed by atoms with Crippen molar-refractivity contribution < 1.29 is 0 Å². The summed E-state index contributed by atoms with van der Waals surface area (Å²) < 4.78 is 0. The van der Waals surface area contributed by atoms with Crippen LogP contribution in [0.4, 0.5) is 5.69 Å². The average molecular weight is 273 g/mol. The molecule has 0 unspecified atom stereocenters. The molecule has 0 radical (unpaired) electrons. The molecule has 5 nitrogen and oxygen atoms in total. The van der Waals surface area contributed by atoms with E-state index in [1.807, 2.05) is 18.2 Å². The second kappa shape index (κ2) is 6.72. The van der Waals surface area contributed by atoms with Gasteiger partial charge in [0, 0.05) is 31.9 Å². The van der Waals surface area contributed by atoms with Crippen LogP contribution in [-0.2, 0) is 0 Å². The topological polar surface area (TPSA) is 51.7 Å². The van der Waals surface area contributed by atoms with Crippen LogP contribution in [0.25, 0.3) is 0 Å². The van der Waals surface area contributed by atoms with Gasteiger partial charge in [-0.25, -0.2) is 4.99 Å². The van der Waals surface area contributed by atoms with E-state index in [1.54, 1.807) is 0 Å². The molecule has 2 saturated heterocycles. The summed E-state index contributed by atoms with van der Waals surface area (Å²) in [7, 11) is 0. The van der Waals surface area contributed by atoms with Crippen molar-refractivity contribution in [1.29, 1.82) is 0 Å². The van der Waals surface area contributed by atoms with E-state index in [4.69, 9.17) is 4.99 Å². The highest BCUT2D eigenvalue weighted by atomic mass is 15.3. The largest absolute Gasteiger partial charge is 0.343 e. The monoisotopic (exact) mass is 273 g/mol. The van der Waals surface area contributed by atoms with Gasteiger partial charge in [0.25, 0.3) is 0 Å². The third-order valence-corrected chi connectivity index (χ3v) is 3.77. The number of guanidine groups is 1. The van der Waals surface area contributed by atoms with Gasteiger partial charge in [-0.3, -0.25) is 10.6 Å². The van der Waals surface area contributed by atoms with Crippen LogP contribution in [0.1, 0.15) is 12.8 Å². The van der Waals surface area contributed by atoms with Gasteiger partial charge in [-0.05, 0) is 25.0 Å². The second-order valence-electron chi connectivity index (χ2n) is 5.31. The molecule has 1 aromatic rings. The van der Waals surface area contributed by atoms with E-state index >= 15 is 0 Å². The lowest BCUT2D eigenvalue weighted by Crippen LogP contribution is -2.38. The average Bonchev–Trinajstić information content (AvgIpc) is 3.18. The van der Waals surface area contributed by atoms with Gasteiger partial charge < -0.3 is 10.2 Å². The molecule has 2 heterocycles. The maximum Gasteiger partial charge on any atom is 0.198 e. The van der Waals surface area contributed by atoms with Crippen molar-refractivity contribution >= 4 is 11.6 Å². The quantitative estimate of drug-likeness (QED) is 0.569. The van der Waals surface area contributed by atoms with Gasteiger partial charge in [-0.1, -0.05) is 18.2 Å². The number of benzene rings is 1. The maximum absolute atomic E-state index is 4.79. The molecule has 0 saturated carbocycles. The number of nitrogens with one attached hydrogen (secondary N) is 3. The summed E-state index contributed by atoms with van der Waals surface area (Å²) >= 11 is 0. The molecule has 3 N–H and O–H groups in total. The van der Waals surface area contributed by atoms with Crippen LogP contribution in [0.3, 0.4) is 0 Å². The van der Waals surface area contributed by atoms with Gasteiger partial charge in [0.1, 0.15) is 0 Å². The number of likely N-dealkylation sites (tertiary alicyclic amines) is 1. The number of hydrogen-bond acceptors (Lipinski definition) is 3. The molecule has 20 heavy (non-hydrogen) atoms. The molecule has 3 rings (SSSR count). The first-order valence-electron chi connectivity index (χ1n) is 7.50. The van der Waals surface area contributed by atoms with Crippen molar-refractivity contribution in [3.63, 3.8) is 0 Å². The molecule has 0 aromatic heterocycles. The van der Waals surface area contributed by atoms with Crippen molar-refractivity contribution in [2.75, 3.05) is 38.0 Å². The van der Waals surface area contributed by atoms with E-state index in [9.17, 15) is 0 Å². The lowest BCUT2D eigenvalue weighted by molar-refractivity contribution is 0.505. The lowest BCUT2D eigenvalue weighted by Gasteiger charge is -2.22. The summed E-state index contributed by atoms with van der Waals surface area (Å²) in [4.78, 5) is 7.14. The summed E-state index contributed by atoms with van der Waals surface area (Å²) in [6.45, 7) is 5.04. The summed E-state index contributed by atoms with van der Waals surface area (Å²) in [6.07, 6.45) is 2.83. The van der Waals surface area contributed by atoms with Crippen molar-refractivity contribution in [3.8, 4) is 0 Å². The number of nitrogens with zero attached hydrogens (tertiary/aromatic N) is 2. The zero-order chi connectivity index (χ0) is 13.6. The molecule has 2 aliphatic rings. The minimum Gasteiger partial charge on any atom is -0.343 e. The predicted molar refractivity (Wildman–Crippen MR) is 83.0 cm³/mol. The molecule has 0 aliphatic carbocycles. The SMILES string of the molecule is c1ccc(NC(=NCC2NCCN2)N2CCCC2)cc1. The number of anilines is 1. The summed E-state index contributed by atoms with van der Waals surface area (Å²) in [5.41, 5.74) is 1.10. The highest BCUT2D eigenvalue weighted by Crippen LogP contribution is 2.12. The fourth-order valence-corrected chi connectivity index (χ4v) is 2.67. The summed E-state index contributed by atoms with van der Waals surface area (Å²) in [6, 6.07) is 10.3. The summed E-state index contributed by atoms with van der Waals surface area (Å²) in [5.74, 6) is 1.00. The molecule has 108 valence electrons. The van der Waals surface area contributed by atoms with Gasteiger partial charge in [0.05, 0.1) is 12.7 Å². The molecule has 0 spiro atoms. The van der Waals surface area contributed by atoms with Crippen LogP contribution in [-0.4, -0.2) is 49.7 Å². The van der Waals surface area contributed by atoms with Gasteiger partial charge in [0.15, 0.2) is 5.96 Å². The van der Waals surface area contributed by atoms with Crippen molar-refractivity contribution in [3.05, 3.63) is 30.3 Å². The molecule has 0 atom stereocenters. The van der Waals surface area contributed by atoms with Crippen LogP contribution in [0.5, 0.6) is 0 Å². The Morgan fingerprint density at radius 1 is 1.15 bits per heavy atom. The molecular weight excluding hydrogens is 250 g/mol. The molecule has 0 amide bonds. The minimum absolute atomic E-state index is 0.310. The van der Waals surface area contributed by atoms with E-state index < -0.39 is 0 Å². The fourth-order valence-electron chi connectivity index (χ4n) is 2.67. The smallest absolute Gasteiger partial charge is 0.198 e. The zero-order valence-electron chi connectivity index (χ0n) is 11.8. The van der Waals surface area contributed by atoms with Gasteiger partial charge in [-0.15, -0.1) is 0 Å². The van der Waals surface area contributed by atoms with Crippen molar-refractivity contribution in [2.45, 2.75) is 19.0 Å². The highest BCUT2D eigenvalue weighted by Gasteiger charge is 2.18. The first-order valence-corrected chi connectivity index (χ1v) is 7.50. The molecule has 5 heteroatoms. The molecular formula is C15H23N5. The van der Waals surface area contributed by atoms with E-state index in [2.05, 4.69) is 33.0 Å². The van der Waals surface area contributed by atoms with Crippen LogP contribution in [0, 0.1) is 0 Å². The first-order chi connectivity index (χ1) is 9.92. The number of rotatable bonds is 3. The van der Waals surface area contributed by atoms with E-state index in [1.165, 1.54) is 12.8 Å². The molecule has 2 fully saturated rings. The molecule has 0 bridgehead atoms. The second-order valence-corrected chi connectivity index (χ2v) is 5.31. The van der Waals surface area contributed by atoms with Gasteiger partial charge in [-0.2, -0.15) is 0 Å². The van der Waals surface area contributed by atoms with Crippen LogP contribution >= 0.6 is 0 Å². The Hall–Kier alpha value is -1.59. The summed E-state index contributed by atoms with van der Waals surface area (Å²) in [5, 5.41) is 10.3. The van der Waals surface area contributed by atoms with Crippen molar-refractivity contribution in [1.82, 2.24) is 15.5 Å². The Labute approximate surface area is 120 Å². The van der Waals surface area contributed by atoms with E-state index in [0.29, 0.717) is 6.17 Å². The van der Waals surface area contributed by atoms with E-state index in [0.717, 1.165) is 44.4 Å². The highest BCUT2D eigenvalue weighted by molar-refractivity contribution is 5.93. The van der Waals surface area contributed by atoms with Crippen molar-refractivity contribution in [2.24, 2.45) is 4.99 Å². The number of hydrogen-bond donors (Lipinski definition) is 3. The standard InChI is InChI=1S/C15H23N5/c1-2-6-13(7-3-1)19-15(20-10-4-5-11-20)18-12-14-16-8-9-17-14/h1-3,6-7,14,16-17H,4-5,8-12H2,(H,18,19). The fraction of sp³-hybridized carbons (Fsp3) is 0.533. The Kier molecular flexibility index (Phi) is 4.50. The minimum atomic E-state index is 0.310. The molecule has 2 aliphatic heterocycles. The Morgan fingerprint density at radius 2 is 1.85 bits per heavy atom.